The number of phenolic OH excluding ortho intramolecular Hbond substituents is 1. The molecule has 17 nitrogen and oxygen atoms in total. The molecule has 0 aliphatic carbocycles. The molecule has 1 unspecified atom stereocenters. The standard InChI is InChI=1S/C52H67N7O10/c1-9-58-43-15-14-33-24-39(43)40(46(58)38-12-10-17-53-44(38)31(4)66-8)25-52(5,6)29-68-50(64)41-13-11-18-59(55-41)49(63)42(22-32-20-35(33)23-36(60)21-32)54-47(61)45(30(2)3)56(7)48(62)34-16-19-57(26-34)51(65)69-37-27-67-28-37/h10,12,14-15,17,20-21,23-24,30-31,34,37,41-42,45,55,60H,9,11,13,16,18-19,22,25-29H2,1-8H3,(H,54,61)/t31-,34?,41-,42-,45-/m0/s1. The van der Waals surface area contributed by atoms with E-state index in [1.54, 1.807) is 32.5 Å². The first-order valence-corrected chi connectivity index (χ1v) is 24.3. The molecule has 17 heteroatoms. The fourth-order valence-electron chi connectivity index (χ4n) is 10.3. The van der Waals surface area contributed by atoms with Gasteiger partial charge in [0.05, 0.1) is 43.2 Å². The number of hydrazine groups is 1. The van der Waals surface area contributed by atoms with Gasteiger partial charge in [0.1, 0.15) is 23.9 Å². The molecular formula is C52H67N7O10. The zero-order chi connectivity index (χ0) is 49.3. The number of ether oxygens (including phenoxy) is 4. The van der Waals surface area contributed by atoms with Crippen molar-refractivity contribution in [3.8, 4) is 28.1 Å². The Morgan fingerprint density at radius 3 is 2.54 bits per heavy atom. The average molecular weight is 950 g/mol. The van der Waals surface area contributed by atoms with Crippen LogP contribution >= 0.6 is 0 Å². The SMILES string of the molecule is CCn1c(-c2cccnc2[C@H](C)OC)c2c3cc(ccc31)-c1cc(O)cc(c1)C[C@H](NC(=O)[C@H](C(C)C)N(C)C(=O)C1CCN(C(=O)OC3COC3)C1)C(=O)N1CCC[C@H](N1)C(=O)OCC(C)(C)C2. The molecule has 6 heterocycles. The molecule has 4 aromatic rings. The molecule has 8 rings (SSSR count). The number of fused-ring (bicyclic) bond motifs is 6. The number of hydrogen-bond acceptors (Lipinski definition) is 12. The van der Waals surface area contributed by atoms with Crippen LogP contribution in [-0.4, -0.2) is 137 Å². The number of carbonyl (C=O) groups is 5. The number of rotatable bonds is 10. The van der Waals surface area contributed by atoms with Crippen molar-refractivity contribution in [3.63, 3.8) is 0 Å². The lowest BCUT2D eigenvalue weighted by Crippen LogP contribution is -2.62. The van der Waals surface area contributed by atoms with Gasteiger partial charge in [-0.2, -0.15) is 0 Å². The van der Waals surface area contributed by atoms with Gasteiger partial charge in [0.25, 0.3) is 5.91 Å². The molecule has 4 aliphatic heterocycles. The highest BCUT2D eigenvalue weighted by Crippen LogP contribution is 2.42. The minimum Gasteiger partial charge on any atom is -0.508 e. The maximum atomic E-state index is 14.8. The maximum absolute atomic E-state index is 14.8. The number of benzene rings is 2. The number of nitrogens with one attached hydrogen (secondary N) is 2. The summed E-state index contributed by atoms with van der Waals surface area (Å²) in [6.07, 6.45) is 2.55. The van der Waals surface area contributed by atoms with E-state index in [1.807, 2.05) is 39.0 Å². The lowest BCUT2D eigenvalue weighted by Gasteiger charge is -2.37. The second-order valence-corrected chi connectivity index (χ2v) is 20.1. The number of hydrogen-bond donors (Lipinski definition) is 3. The van der Waals surface area contributed by atoms with E-state index in [9.17, 15) is 29.1 Å². The number of phenols is 1. The number of aromatic hydroxyl groups is 1. The second-order valence-electron chi connectivity index (χ2n) is 20.1. The van der Waals surface area contributed by atoms with Gasteiger partial charge in [0.15, 0.2) is 6.10 Å². The van der Waals surface area contributed by atoms with E-state index in [4.69, 9.17) is 23.9 Å². The Morgan fingerprint density at radius 2 is 1.83 bits per heavy atom. The van der Waals surface area contributed by atoms with Crippen molar-refractivity contribution < 1.29 is 48.0 Å². The maximum Gasteiger partial charge on any atom is 0.410 e. The summed E-state index contributed by atoms with van der Waals surface area (Å²) in [6.45, 7) is 14.1. The summed E-state index contributed by atoms with van der Waals surface area (Å²) in [7, 11) is 3.24. The first kappa shape index (κ1) is 49.4. The molecule has 3 N–H and O–H groups in total. The Hall–Kier alpha value is -6.04. The van der Waals surface area contributed by atoms with E-state index >= 15 is 0 Å². The van der Waals surface area contributed by atoms with Crippen LogP contribution in [0.3, 0.4) is 0 Å². The van der Waals surface area contributed by atoms with E-state index in [0.29, 0.717) is 63.1 Å². The summed E-state index contributed by atoms with van der Waals surface area (Å²) in [6, 6.07) is 12.4. The molecule has 3 saturated heterocycles. The Morgan fingerprint density at radius 1 is 1.04 bits per heavy atom. The van der Waals surface area contributed by atoms with Crippen LogP contribution < -0.4 is 10.7 Å². The number of likely N-dealkylation sites (tertiary alicyclic amines) is 1. The average Bonchev–Trinajstić information content (AvgIpc) is 3.93. The van der Waals surface area contributed by atoms with Crippen molar-refractivity contribution in [1.29, 1.82) is 0 Å². The predicted molar refractivity (Wildman–Crippen MR) is 257 cm³/mol. The van der Waals surface area contributed by atoms with Crippen LogP contribution in [0.5, 0.6) is 5.75 Å². The quantitative estimate of drug-likeness (QED) is 0.162. The minimum atomic E-state index is -1.18. The normalized spacial score (nSPS) is 21.8. The Kier molecular flexibility index (Phi) is 14.7. The van der Waals surface area contributed by atoms with Crippen LogP contribution in [0, 0.1) is 17.3 Å². The zero-order valence-corrected chi connectivity index (χ0v) is 41.1. The predicted octanol–water partition coefficient (Wildman–Crippen LogP) is 5.79. The summed E-state index contributed by atoms with van der Waals surface area (Å²) in [5.74, 6) is -2.74. The van der Waals surface area contributed by atoms with Gasteiger partial charge < -0.3 is 43.7 Å². The van der Waals surface area contributed by atoms with Crippen LogP contribution in [0.15, 0.2) is 54.7 Å². The summed E-state index contributed by atoms with van der Waals surface area (Å²) < 4.78 is 24.8. The van der Waals surface area contributed by atoms with Gasteiger partial charge in [0, 0.05) is 74.8 Å². The number of cyclic esters (lactones) is 1. The lowest BCUT2D eigenvalue weighted by molar-refractivity contribution is -0.155. The van der Waals surface area contributed by atoms with Gasteiger partial charge >= 0.3 is 12.1 Å². The number of methoxy groups -OCH3 is 1. The van der Waals surface area contributed by atoms with Crippen molar-refractivity contribution in [2.45, 2.75) is 111 Å². The Labute approximate surface area is 403 Å². The highest BCUT2D eigenvalue weighted by atomic mass is 16.6. The molecule has 370 valence electrons. The van der Waals surface area contributed by atoms with E-state index < -0.39 is 53.3 Å². The molecule has 2 aromatic heterocycles. The van der Waals surface area contributed by atoms with Gasteiger partial charge in [-0.3, -0.25) is 29.2 Å². The number of amides is 4. The summed E-state index contributed by atoms with van der Waals surface area (Å²) >= 11 is 0. The van der Waals surface area contributed by atoms with E-state index in [1.165, 1.54) is 14.8 Å². The molecular weight excluding hydrogens is 883 g/mol. The van der Waals surface area contributed by atoms with Gasteiger partial charge in [-0.25, -0.2) is 10.2 Å². The monoisotopic (exact) mass is 949 g/mol. The fraction of sp³-hybridized carbons (Fsp3) is 0.538. The van der Waals surface area contributed by atoms with E-state index in [2.05, 4.69) is 54.3 Å². The Bertz CT molecular complexity index is 2590. The van der Waals surface area contributed by atoms with Gasteiger partial charge in [-0.1, -0.05) is 39.8 Å². The third kappa shape index (κ3) is 10.5. The number of carbonyl (C=O) groups excluding carboxylic acids is 5. The highest BCUT2D eigenvalue weighted by molar-refractivity contribution is 5.96. The minimum absolute atomic E-state index is 0.0175. The summed E-state index contributed by atoms with van der Waals surface area (Å²) in [5.41, 5.74) is 9.49. The molecule has 69 heavy (non-hydrogen) atoms. The highest BCUT2D eigenvalue weighted by Gasteiger charge is 2.41. The van der Waals surface area contributed by atoms with E-state index in [0.717, 1.165) is 39.0 Å². The lowest BCUT2D eigenvalue weighted by atomic mass is 9.84. The van der Waals surface area contributed by atoms with Crippen LogP contribution in [0.25, 0.3) is 33.3 Å². The number of likely N-dealkylation sites (N-methyl/N-ethyl adjacent to an activating group) is 1. The van der Waals surface area contributed by atoms with Gasteiger partial charge in [-0.15, -0.1) is 0 Å². The number of esters is 1. The van der Waals surface area contributed by atoms with Gasteiger partial charge in [-0.05, 0) is 104 Å². The van der Waals surface area contributed by atoms with E-state index in [-0.39, 0.29) is 55.9 Å². The van der Waals surface area contributed by atoms with Crippen molar-refractivity contribution >= 4 is 40.7 Å². The van der Waals surface area contributed by atoms with Crippen molar-refractivity contribution in [3.05, 3.63) is 71.5 Å². The zero-order valence-electron chi connectivity index (χ0n) is 41.1. The van der Waals surface area contributed by atoms with Gasteiger partial charge in [0.2, 0.25) is 11.8 Å². The number of aryl methyl sites for hydroxylation is 1. The van der Waals surface area contributed by atoms with Crippen LogP contribution in [0.1, 0.15) is 83.7 Å². The second kappa shape index (κ2) is 20.5. The first-order chi connectivity index (χ1) is 33.0. The number of pyridine rings is 1. The molecule has 5 atom stereocenters. The summed E-state index contributed by atoms with van der Waals surface area (Å²) in [5, 5.41) is 16.7. The summed E-state index contributed by atoms with van der Waals surface area (Å²) in [4.78, 5) is 77.9. The van der Waals surface area contributed by atoms with Crippen LogP contribution in [-0.2, 0) is 57.5 Å². The van der Waals surface area contributed by atoms with Crippen LogP contribution in [0.4, 0.5) is 4.79 Å². The Balaban J connectivity index is 1.16. The first-order valence-electron chi connectivity index (χ1n) is 24.3. The molecule has 6 bridgehead atoms. The number of nitrogens with zero attached hydrogens (tertiary/aromatic N) is 5. The molecule has 0 saturated carbocycles. The smallest absolute Gasteiger partial charge is 0.410 e. The van der Waals surface area contributed by atoms with Crippen molar-refractivity contribution in [2.75, 3.05) is 53.6 Å². The van der Waals surface area contributed by atoms with Crippen molar-refractivity contribution in [1.82, 2.24) is 35.1 Å². The molecule has 0 spiro atoms. The van der Waals surface area contributed by atoms with Crippen molar-refractivity contribution in [2.24, 2.45) is 17.3 Å². The van der Waals surface area contributed by atoms with Crippen LogP contribution in [0.2, 0.25) is 0 Å². The number of aromatic nitrogens is 2. The molecule has 4 aliphatic rings. The third-order valence-corrected chi connectivity index (χ3v) is 14.0. The molecule has 0 radical (unpaired) electrons. The largest absolute Gasteiger partial charge is 0.508 e. The molecule has 4 amide bonds. The fourth-order valence-corrected chi connectivity index (χ4v) is 10.3. The third-order valence-electron chi connectivity index (χ3n) is 14.0. The molecule has 2 aromatic carbocycles. The molecule has 3 fully saturated rings. The topological polar surface area (TPSA) is 194 Å².